The smallest absolute Gasteiger partial charge is 0.407 e. The van der Waals surface area contributed by atoms with Crippen molar-refractivity contribution in [1.29, 1.82) is 0 Å². The fourth-order valence-electron chi connectivity index (χ4n) is 1.85. The van der Waals surface area contributed by atoms with E-state index in [4.69, 9.17) is 14.2 Å². The van der Waals surface area contributed by atoms with Gasteiger partial charge in [-0.1, -0.05) is 0 Å². The Labute approximate surface area is 133 Å². The molecule has 0 bridgehead atoms. The molecule has 132 valence electrons. The number of methoxy groups -OCH3 is 2. The Hall–Kier alpha value is -0.890. The molecular weight excluding hydrogens is 288 g/mol. The van der Waals surface area contributed by atoms with Gasteiger partial charge in [0.1, 0.15) is 5.60 Å². The average molecular weight is 320 g/mol. The van der Waals surface area contributed by atoms with Gasteiger partial charge in [0.15, 0.2) is 0 Å². The van der Waals surface area contributed by atoms with Gasteiger partial charge in [0.05, 0.1) is 19.3 Å². The number of aliphatic hydroxyl groups excluding tert-OH is 1. The summed E-state index contributed by atoms with van der Waals surface area (Å²) in [6, 6.07) is 0.122. The number of rotatable bonds is 11. The number of amides is 1. The number of carbonyl (C=O) groups is 1. The molecule has 2 atom stereocenters. The molecule has 0 aromatic rings. The highest BCUT2D eigenvalue weighted by molar-refractivity contribution is 5.67. The summed E-state index contributed by atoms with van der Waals surface area (Å²) in [5.41, 5.74) is -0.484. The van der Waals surface area contributed by atoms with Crippen LogP contribution < -0.4 is 10.6 Å². The zero-order valence-corrected chi connectivity index (χ0v) is 14.5. The first-order chi connectivity index (χ1) is 10.3. The van der Waals surface area contributed by atoms with Crippen molar-refractivity contribution in [3.05, 3.63) is 0 Å². The first-order valence-corrected chi connectivity index (χ1v) is 7.64. The Bertz CT molecular complexity index is 294. The maximum absolute atomic E-state index is 11.5. The normalized spacial score (nSPS) is 14.5. The molecule has 7 heteroatoms. The predicted octanol–water partition coefficient (Wildman–Crippen LogP) is 0.903. The van der Waals surface area contributed by atoms with Crippen molar-refractivity contribution in [3.63, 3.8) is 0 Å². The van der Waals surface area contributed by atoms with Crippen LogP contribution in [0, 0.1) is 0 Å². The third kappa shape index (κ3) is 12.8. The highest BCUT2D eigenvalue weighted by Gasteiger charge is 2.16. The maximum Gasteiger partial charge on any atom is 0.407 e. The number of nitrogens with one attached hydrogen (secondary N) is 2. The molecule has 0 radical (unpaired) electrons. The second-order valence-electron chi connectivity index (χ2n) is 6.24. The summed E-state index contributed by atoms with van der Waals surface area (Å²) in [5.74, 6) is 0. The van der Waals surface area contributed by atoms with Crippen LogP contribution in [0.25, 0.3) is 0 Å². The lowest BCUT2D eigenvalue weighted by atomic mass is 10.1. The van der Waals surface area contributed by atoms with Gasteiger partial charge in [-0.25, -0.2) is 4.79 Å². The van der Waals surface area contributed by atoms with E-state index in [0.29, 0.717) is 26.3 Å². The van der Waals surface area contributed by atoms with Crippen molar-refractivity contribution >= 4 is 6.09 Å². The summed E-state index contributed by atoms with van der Waals surface area (Å²) in [6.45, 7) is 7.32. The summed E-state index contributed by atoms with van der Waals surface area (Å²) in [7, 11) is 3.19. The molecule has 0 aliphatic carbocycles. The van der Waals surface area contributed by atoms with E-state index in [1.54, 1.807) is 14.2 Å². The van der Waals surface area contributed by atoms with Crippen molar-refractivity contribution in [2.45, 2.75) is 51.4 Å². The van der Waals surface area contributed by atoms with Gasteiger partial charge >= 0.3 is 6.09 Å². The Morgan fingerprint density at radius 2 is 1.82 bits per heavy atom. The summed E-state index contributed by atoms with van der Waals surface area (Å²) in [4.78, 5) is 11.5. The van der Waals surface area contributed by atoms with Crippen molar-refractivity contribution < 1.29 is 24.1 Å². The van der Waals surface area contributed by atoms with E-state index in [0.717, 1.165) is 12.8 Å². The lowest BCUT2D eigenvalue weighted by Gasteiger charge is -2.21. The summed E-state index contributed by atoms with van der Waals surface area (Å²) in [6.07, 6.45) is 0.674. The SMILES string of the molecule is COCC(O)CNC(CCCNC(=O)OC(C)(C)C)COC. The molecular formula is C15H32N2O5. The number of hydrogen-bond donors (Lipinski definition) is 3. The van der Waals surface area contributed by atoms with Crippen LogP contribution in [0.1, 0.15) is 33.6 Å². The maximum atomic E-state index is 11.5. The molecule has 0 spiro atoms. The van der Waals surface area contributed by atoms with Crippen LogP contribution in [-0.2, 0) is 14.2 Å². The zero-order valence-electron chi connectivity index (χ0n) is 14.5. The summed E-state index contributed by atoms with van der Waals surface area (Å²) >= 11 is 0. The van der Waals surface area contributed by atoms with Gasteiger partial charge in [-0.15, -0.1) is 0 Å². The van der Waals surface area contributed by atoms with Crippen LogP contribution in [-0.4, -0.2) is 69.5 Å². The zero-order chi connectivity index (χ0) is 17.0. The third-order valence-electron chi connectivity index (χ3n) is 2.77. The molecule has 22 heavy (non-hydrogen) atoms. The fraction of sp³-hybridized carbons (Fsp3) is 0.933. The molecule has 3 N–H and O–H groups in total. The largest absolute Gasteiger partial charge is 0.444 e. The molecule has 2 unspecified atom stereocenters. The van der Waals surface area contributed by atoms with Crippen LogP contribution in [0.3, 0.4) is 0 Å². The molecule has 1 amide bonds. The van der Waals surface area contributed by atoms with Gasteiger partial charge in [-0.05, 0) is 33.6 Å². The minimum Gasteiger partial charge on any atom is -0.444 e. The predicted molar refractivity (Wildman–Crippen MR) is 85.0 cm³/mol. The quantitative estimate of drug-likeness (QED) is 0.490. The van der Waals surface area contributed by atoms with Gasteiger partial charge in [0, 0.05) is 33.4 Å². The first-order valence-electron chi connectivity index (χ1n) is 7.64. The van der Waals surface area contributed by atoms with Crippen LogP contribution in [0.15, 0.2) is 0 Å². The molecule has 0 fully saturated rings. The van der Waals surface area contributed by atoms with Gasteiger partial charge in [-0.3, -0.25) is 0 Å². The number of hydrogen-bond acceptors (Lipinski definition) is 6. The van der Waals surface area contributed by atoms with Gasteiger partial charge in [-0.2, -0.15) is 0 Å². The van der Waals surface area contributed by atoms with E-state index in [1.165, 1.54) is 0 Å². The van der Waals surface area contributed by atoms with Crippen LogP contribution in [0.2, 0.25) is 0 Å². The number of aliphatic hydroxyl groups is 1. The lowest BCUT2D eigenvalue weighted by Crippen LogP contribution is -2.40. The molecule has 0 saturated heterocycles. The fourth-order valence-corrected chi connectivity index (χ4v) is 1.85. The minimum absolute atomic E-state index is 0.122. The highest BCUT2D eigenvalue weighted by atomic mass is 16.6. The van der Waals surface area contributed by atoms with Crippen molar-refractivity contribution in [2.75, 3.05) is 40.5 Å². The molecule has 0 heterocycles. The molecule has 0 saturated carbocycles. The number of alkyl carbamates (subject to hydrolysis) is 1. The van der Waals surface area contributed by atoms with Gasteiger partial charge in [0.2, 0.25) is 0 Å². The Kier molecular flexibility index (Phi) is 11.2. The second kappa shape index (κ2) is 11.6. The van der Waals surface area contributed by atoms with Crippen molar-refractivity contribution in [3.8, 4) is 0 Å². The van der Waals surface area contributed by atoms with Crippen LogP contribution in [0.4, 0.5) is 4.79 Å². The number of carbonyl (C=O) groups excluding carboxylic acids is 1. The first kappa shape index (κ1) is 21.1. The van der Waals surface area contributed by atoms with Crippen LogP contribution in [0.5, 0.6) is 0 Å². The molecule has 0 aliphatic rings. The van der Waals surface area contributed by atoms with E-state index >= 15 is 0 Å². The molecule has 0 aliphatic heterocycles. The van der Waals surface area contributed by atoms with Crippen LogP contribution >= 0.6 is 0 Å². The Morgan fingerprint density at radius 3 is 2.36 bits per heavy atom. The molecule has 0 aromatic carbocycles. The molecule has 0 aromatic heterocycles. The third-order valence-corrected chi connectivity index (χ3v) is 2.77. The summed E-state index contributed by atoms with van der Waals surface area (Å²) in [5, 5.41) is 15.6. The lowest BCUT2D eigenvalue weighted by molar-refractivity contribution is 0.0524. The second-order valence-corrected chi connectivity index (χ2v) is 6.24. The minimum atomic E-state index is -0.538. The molecule has 7 nitrogen and oxygen atoms in total. The average Bonchev–Trinajstić information content (AvgIpc) is 2.39. The number of ether oxygens (including phenoxy) is 3. The van der Waals surface area contributed by atoms with E-state index < -0.39 is 17.8 Å². The van der Waals surface area contributed by atoms with E-state index in [1.807, 2.05) is 20.8 Å². The molecule has 0 rings (SSSR count). The van der Waals surface area contributed by atoms with Gasteiger partial charge < -0.3 is 30.0 Å². The summed E-state index contributed by atoms with van der Waals surface area (Å²) < 4.78 is 15.2. The topological polar surface area (TPSA) is 89.1 Å². The van der Waals surface area contributed by atoms with Crippen molar-refractivity contribution in [1.82, 2.24) is 10.6 Å². The standard InChI is InChI=1S/C15H32N2O5/c1-15(2,3)22-14(19)16-8-6-7-12(10-20-4)17-9-13(18)11-21-5/h12-13,17-18H,6-11H2,1-5H3,(H,16,19). The van der Waals surface area contributed by atoms with Gasteiger partial charge in [0.25, 0.3) is 0 Å². The van der Waals surface area contributed by atoms with E-state index in [9.17, 15) is 9.90 Å². The van der Waals surface area contributed by atoms with Crippen molar-refractivity contribution in [2.24, 2.45) is 0 Å². The van der Waals surface area contributed by atoms with E-state index in [-0.39, 0.29) is 6.04 Å². The Balaban J connectivity index is 3.88. The Morgan fingerprint density at radius 1 is 1.18 bits per heavy atom. The monoisotopic (exact) mass is 320 g/mol. The van der Waals surface area contributed by atoms with E-state index in [2.05, 4.69) is 10.6 Å². The highest BCUT2D eigenvalue weighted by Crippen LogP contribution is 2.06.